The lowest BCUT2D eigenvalue weighted by atomic mass is 10.4. The average Bonchev–Trinajstić information content (AvgIpc) is 2.69. The zero-order chi connectivity index (χ0) is 12.8. The maximum atomic E-state index is 11.4. The van der Waals surface area contributed by atoms with Gasteiger partial charge < -0.3 is 15.0 Å². The fourth-order valence-electron chi connectivity index (χ4n) is 1.27. The Bertz CT molecular complexity index is 379. The Balaban J connectivity index is 2.53. The predicted octanol–water partition coefficient (Wildman–Crippen LogP) is 1.60. The van der Waals surface area contributed by atoms with Gasteiger partial charge in [0.25, 0.3) is 0 Å². The molecule has 0 amide bonds. The number of carbonyl (C=O) groups excluding carboxylic acids is 1. The first-order chi connectivity index (χ1) is 8.08. The van der Waals surface area contributed by atoms with Crippen LogP contribution in [-0.4, -0.2) is 49.6 Å². The molecule has 0 radical (unpaired) electrons. The average molecular weight is 257 g/mol. The van der Waals surface area contributed by atoms with Gasteiger partial charge in [-0.05, 0) is 20.5 Å². The van der Waals surface area contributed by atoms with E-state index in [1.807, 2.05) is 6.92 Å². The predicted molar refractivity (Wildman–Crippen MR) is 69.9 cm³/mol. The van der Waals surface area contributed by atoms with E-state index in [9.17, 15) is 4.79 Å². The Labute approximate surface area is 106 Å². The highest BCUT2D eigenvalue weighted by atomic mass is 32.1. The van der Waals surface area contributed by atoms with E-state index in [1.165, 1.54) is 18.4 Å². The summed E-state index contributed by atoms with van der Waals surface area (Å²) in [6.07, 6.45) is 0. The summed E-state index contributed by atoms with van der Waals surface area (Å²) in [7, 11) is 3.43. The molecule has 0 aromatic carbocycles. The molecule has 1 heterocycles. The molecule has 96 valence electrons. The number of anilines is 1. The van der Waals surface area contributed by atoms with Crippen molar-refractivity contribution in [1.29, 1.82) is 0 Å². The lowest BCUT2D eigenvalue weighted by molar-refractivity contribution is 0.0594. The number of rotatable bonds is 6. The SMILES string of the molecule is CCN(C)CCNc1nc(C(=O)OC)c(C)s1. The van der Waals surface area contributed by atoms with Crippen molar-refractivity contribution >= 4 is 22.4 Å². The topological polar surface area (TPSA) is 54.5 Å². The molecule has 0 atom stereocenters. The van der Waals surface area contributed by atoms with Crippen molar-refractivity contribution in [3.63, 3.8) is 0 Å². The zero-order valence-electron chi connectivity index (χ0n) is 10.7. The van der Waals surface area contributed by atoms with Gasteiger partial charge in [0.15, 0.2) is 10.8 Å². The molecule has 1 aromatic heterocycles. The van der Waals surface area contributed by atoms with E-state index in [0.717, 1.165) is 29.6 Å². The normalized spacial score (nSPS) is 10.6. The Hall–Kier alpha value is -1.14. The third kappa shape index (κ3) is 3.98. The first kappa shape index (κ1) is 13.9. The molecule has 1 rings (SSSR count). The van der Waals surface area contributed by atoms with E-state index in [0.29, 0.717) is 5.69 Å². The molecule has 6 heteroatoms. The molecule has 0 aliphatic rings. The van der Waals surface area contributed by atoms with Gasteiger partial charge in [-0.3, -0.25) is 0 Å². The maximum Gasteiger partial charge on any atom is 0.357 e. The summed E-state index contributed by atoms with van der Waals surface area (Å²) in [6, 6.07) is 0. The number of aromatic nitrogens is 1. The third-order valence-electron chi connectivity index (χ3n) is 2.48. The van der Waals surface area contributed by atoms with E-state index >= 15 is 0 Å². The molecular weight excluding hydrogens is 238 g/mol. The highest BCUT2D eigenvalue weighted by Crippen LogP contribution is 2.22. The van der Waals surface area contributed by atoms with Gasteiger partial charge in [0.1, 0.15) is 0 Å². The largest absolute Gasteiger partial charge is 0.464 e. The number of ether oxygens (including phenoxy) is 1. The summed E-state index contributed by atoms with van der Waals surface area (Å²) in [6.45, 7) is 6.77. The van der Waals surface area contributed by atoms with E-state index in [-0.39, 0.29) is 5.97 Å². The van der Waals surface area contributed by atoms with Crippen molar-refractivity contribution in [3.8, 4) is 0 Å². The number of aryl methyl sites for hydroxylation is 1. The lowest BCUT2D eigenvalue weighted by Gasteiger charge is -2.13. The van der Waals surface area contributed by atoms with E-state index in [4.69, 9.17) is 0 Å². The molecule has 0 aliphatic carbocycles. The maximum absolute atomic E-state index is 11.4. The smallest absolute Gasteiger partial charge is 0.357 e. The molecule has 5 nitrogen and oxygen atoms in total. The van der Waals surface area contributed by atoms with Crippen molar-refractivity contribution in [1.82, 2.24) is 9.88 Å². The van der Waals surface area contributed by atoms with Crippen LogP contribution in [0.15, 0.2) is 0 Å². The van der Waals surface area contributed by atoms with Gasteiger partial charge in [0.2, 0.25) is 0 Å². The first-order valence-corrected chi connectivity index (χ1v) is 6.38. The van der Waals surface area contributed by atoms with Crippen LogP contribution in [0.5, 0.6) is 0 Å². The van der Waals surface area contributed by atoms with Crippen LogP contribution >= 0.6 is 11.3 Å². The Morgan fingerprint density at radius 3 is 2.88 bits per heavy atom. The summed E-state index contributed by atoms with van der Waals surface area (Å²) in [5.41, 5.74) is 0.406. The number of hydrogen-bond acceptors (Lipinski definition) is 6. The summed E-state index contributed by atoms with van der Waals surface area (Å²) in [5.74, 6) is -0.377. The number of hydrogen-bond donors (Lipinski definition) is 1. The van der Waals surface area contributed by atoms with Gasteiger partial charge in [0.05, 0.1) is 7.11 Å². The zero-order valence-corrected chi connectivity index (χ0v) is 11.6. The van der Waals surface area contributed by atoms with Gasteiger partial charge in [-0.25, -0.2) is 9.78 Å². The molecule has 0 unspecified atom stereocenters. The highest BCUT2D eigenvalue weighted by molar-refractivity contribution is 7.15. The molecule has 0 aliphatic heterocycles. The second-order valence-corrected chi connectivity index (χ2v) is 4.94. The molecule has 1 aromatic rings. The Morgan fingerprint density at radius 2 is 2.29 bits per heavy atom. The van der Waals surface area contributed by atoms with Crippen LogP contribution in [-0.2, 0) is 4.74 Å². The van der Waals surface area contributed by atoms with Crippen LogP contribution in [0.3, 0.4) is 0 Å². The number of methoxy groups -OCH3 is 1. The van der Waals surface area contributed by atoms with Crippen molar-refractivity contribution in [3.05, 3.63) is 10.6 Å². The van der Waals surface area contributed by atoms with E-state index < -0.39 is 0 Å². The van der Waals surface area contributed by atoms with E-state index in [1.54, 1.807) is 0 Å². The molecular formula is C11H19N3O2S. The fraction of sp³-hybridized carbons (Fsp3) is 0.636. The van der Waals surface area contributed by atoms with Crippen molar-refractivity contribution in [2.45, 2.75) is 13.8 Å². The molecule has 0 saturated heterocycles. The van der Waals surface area contributed by atoms with Crippen molar-refractivity contribution in [2.24, 2.45) is 0 Å². The molecule has 17 heavy (non-hydrogen) atoms. The third-order valence-corrected chi connectivity index (χ3v) is 3.41. The Morgan fingerprint density at radius 1 is 1.59 bits per heavy atom. The first-order valence-electron chi connectivity index (χ1n) is 5.56. The molecule has 0 bridgehead atoms. The van der Waals surface area contributed by atoms with Gasteiger partial charge in [-0.15, -0.1) is 11.3 Å². The minimum atomic E-state index is -0.377. The summed E-state index contributed by atoms with van der Waals surface area (Å²) >= 11 is 1.48. The fourth-order valence-corrected chi connectivity index (χ4v) is 2.10. The van der Waals surface area contributed by atoms with E-state index in [2.05, 4.69) is 33.9 Å². The minimum Gasteiger partial charge on any atom is -0.464 e. The quantitative estimate of drug-likeness (QED) is 0.785. The number of likely N-dealkylation sites (N-methyl/N-ethyl adjacent to an activating group) is 1. The lowest BCUT2D eigenvalue weighted by Crippen LogP contribution is -2.24. The molecule has 0 saturated carbocycles. The second-order valence-electron chi connectivity index (χ2n) is 3.74. The molecule has 0 spiro atoms. The number of esters is 1. The standard InChI is InChI=1S/C11H19N3O2S/c1-5-14(3)7-6-12-11-13-9(8(2)17-11)10(15)16-4/h5-7H2,1-4H3,(H,12,13). The van der Waals surface area contributed by atoms with Crippen LogP contribution in [0, 0.1) is 6.92 Å². The number of nitrogens with one attached hydrogen (secondary N) is 1. The number of nitrogens with zero attached hydrogens (tertiary/aromatic N) is 2. The Kier molecular flexibility index (Phi) is 5.37. The summed E-state index contributed by atoms with van der Waals surface area (Å²) < 4.78 is 4.66. The minimum absolute atomic E-state index is 0.377. The van der Waals surface area contributed by atoms with Crippen molar-refractivity contribution < 1.29 is 9.53 Å². The van der Waals surface area contributed by atoms with Crippen LogP contribution in [0.2, 0.25) is 0 Å². The molecule has 0 fully saturated rings. The highest BCUT2D eigenvalue weighted by Gasteiger charge is 2.15. The van der Waals surface area contributed by atoms with Crippen LogP contribution < -0.4 is 5.32 Å². The number of carbonyl (C=O) groups is 1. The van der Waals surface area contributed by atoms with Crippen molar-refractivity contribution in [2.75, 3.05) is 39.1 Å². The van der Waals surface area contributed by atoms with Gasteiger partial charge >= 0.3 is 5.97 Å². The second kappa shape index (κ2) is 6.56. The summed E-state index contributed by atoms with van der Waals surface area (Å²) in [5, 5.41) is 3.98. The van der Waals surface area contributed by atoms with Gasteiger partial charge in [-0.1, -0.05) is 6.92 Å². The van der Waals surface area contributed by atoms with Crippen LogP contribution in [0.1, 0.15) is 22.3 Å². The van der Waals surface area contributed by atoms with Crippen LogP contribution in [0.25, 0.3) is 0 Å². The summed E-state index contributed by atoms with van der Waals surface area (Å²) in [4.78, 5) is 18.7. The van der Waals surface area contributed by atoms with Gasteiger partial charge in [-0.2, -0.15) is 0 Å². The van der Waals surface area contributed by atoms with Gasteiger partial charge in [0, 0.05) is 18.0 Å². The number of thiazole rings is 1. The van der Waals surface area contributed by atoms with Crippen LogP contribution in [0.4, 0.5) is 5.13 Å². The molecule has 1 N–H and O–H groups in total. The monoisotopic (exact) mass is 257 g/mol.